The molecule has 1 aromatic rings. The molecular weight excluding hydrogens is 214 g/mol. The number of aliphatic hydroxyl groups is 1. The van der Waals surface area contributed by atoms with Crippen molar-refractivity contribution in [2.45, 2.75) is 19.4 Å². The lowest BCUT2D eigenvalue weighted by atomic mass is 10.1. The third-order valence-corrected chi connectivity index (χ3v) is 1.85. The van der Waals surface area contributed by atoms with Gasteiger partial charge in [-0.25, -0.2) is 4.79 Å². The number of aromatic nitrogens is 2. The number of carbonyl (C=O) groups is 1. The van der Waals surface area contributed by atoms with Gasteiger partial charge in [-0.05, 0) is 13.8 Å². The van der Waals surface area contributed by atoms with Crippen LogP contribution in [0, 0.1) is 0 Å². The summed E-state index contributed by atoms with van der Waals surface area (Å²) in [4.78, 5) is 37.6. The number of aliphatic hydroxyl groups excluding tert-OH is 1. The summed E-state index contributed by atoms with van der Waals surface area (Å²) in [6, 6.07) is 0.976. The normalized spacial score (nSPS) is 11.2. The third kappa shape index (κ3) is 3.06. The molecule has 7 nitrogen and oxygen atoms in total. The van der Waals surface area contributed by atoms with Crippen molar-refractivity contribution >= 4 is 5.91 Å². The molecule has 0 spiro atoms. The van der Waals surface area contributed by atoms with E-state index >= 15 is 0 Å². The molecule has 0 aromatic carbocycles. The van der Waals surface area contributed by atoms with Crippen molar-refractivity contribution in [2.24, 2.45) is 0 Å². The van der Waals surface area contributed by atoms with Crippen molar-refractivity contribution in [3.63, 3.8) is 0 Å². The average Bonchev–Trinajstić information content (AvgIpc) is 2.15. The van der Waals surface area contributed by atoms with Crippen LogP contribution in [0.1, 0.15) is 24.3 Å². The van der Waals surface area contributed by atoms with Crippen LogP contribution in [0.5, 0.6) is 0 Å². The monoisotopic (exact) mass is 227 g/mol. The van der Waals surface area contributed by atoms with E-state index in [1.165, 1.54) is 0 Å². The van der Waals surface area contributed by atoms with Gasteiger partial charge in [-0.3, -0.25) is 14.6 Å². The van der Waals surface area contributed by atoms with Crippen LogP contribution in [0.3, 0.4) is 0 Å². The van der Waals surface area contributed by atoms with Gasteiger partial charge in [0.25, 0.3) is 11.5 Å². The fourth-order valence-electron chi connectivity index (χ4n) is 1.01. The Labute approximate surface area is 90.5 Å². The summed E-state index contributed by atoms with van der Waals surface area (Å²) in [6.07, 6.45) is 0. The highest BCUT2D eigenvalue weighted by atomic mass is 16.3. The van der Waals surface area contributed by atoms with Crippen LogP contribution in [-0.2, 0) is 0 Å². The summed E-state index contributed by atoms with van der Waals surface area (Å²) in [5.41, 5.74) is -2.37. The molecule has 4 N–H and O–H groups in total. The molecular formula is C9H13N3O4. The molecule has 0 saturated carbocycles. The van der Waals surface area contributed by atoms with Crippen molar-refractivity contribution in [1.29, 1.82) is 0 Å². The second-order valence-corrected chi connectivity index (χ2v) is 4.00. The van der Waals surface area contributed by atoms with Crippen molar-refractivity contribution in [2.75, 3.05) is 6.61 Å². The standard InChI is InChI=1S/C9H13N3O4/c1-9(2,4-13)12-7(15)5-3-6(14)11-8(16)10-5/h3,13H,4H2,1-2H3,(H,12,15)(H2,10,11,14,16). The molecule has 16 heavy (non-hydrogen) atoms. The molecule has 0 aliphatic carbocycles. The van der Waals surface area contributed by atoms with Gasteiger partial charge in [0, 0.05) is 6.07 Å². The number of carbonyl (C=O) groups excluding carboxylic acids is 1. The topological polar surface area (TPSA) is 115 Å². The van der Waals surface area contributed by atoms with E-state index in [0.29, 0.717) is 0 Å². The van der Waals surface area contributed by atoms with Gasteiger partial charge in [-0.15, -0.1) is 0 Å². The summed E-state index contributed by atoms with van der Waals surface area (Å²) in [5.74, 6) is -0.623. The predicted octanol–water partition coefficient (Wildman–Crippen LogP) is -1.44. The number of H-pyrrole nitrogens is 2. The van der Waals surface area contributed by atoms with E-state index in [1.807, 2.05) is 4.98 Å². The van der Waals surface area contributed by atoms with Crippen LogP contribution in [0.2, 0.25) is 0 Å². The van der Waals surface area contributed by atoms with E-state index in [0.717, 1.165) is 6.07 Å². The van der Waals surface area contributed by atoms with E-state index < -0.39 is 22.7 Å². The number of aromatic amines is 2. The summed E-state index contributed by atoms with van der Waals surface area (Å²) >= 11 is 0. The summed E-state index contributed by atoms with van der Waals surface area (Å²) in [7, 11) is 0. The molecule has 0 atom stereocenters. The van der Waals surface area contributed by atoms with Gasteiger partial charge in [0.15, 0.2) is 0 Å². The number of rotatable bonds is 3. The number of hydrogen-bond donors (Lipinski definition) is 4. The van der Waals surface area contributed by atoms with Gasteiger partial charge in [0.1, 0.15) is 5.69 Å². The van der Waals surface area contributed by atoms with Crippen molar-refractivity contribution < 1.29 is 9.90 Å². The Morgan fingerprint density at radius 1 is 1.44 bits per heavy atom. The summed E-state index contributed by atoms with van der Waals surface area (Å²) in [6.45, 7) is 2.96. The lowest BCUT2D eigenvalue weighted by Crippen LogP contribution is -2.47. The first-order valence-corrected chi connectivity index (χ1v) is 4.61. The van der Waals surface area contributed by atoms with Gasteiger partial charge in [-0.2, -0.15) is 0 Å². The molecule has 0 saturated heterocycles. The molecule has 0 aliphatic heterocycles. The van der Waals surface area contributed by atoms with E-state index in [-0.39, 0.29) is 12.3 Å². The van der Waals surface area contributed by atoms with Gasteiger partial charge in [-0.1, -0.05) is 0 Å². The minimum atomic E-state index is -0.823. The first-order valence-electron chi connectivity index (χ1n) is 4.61. The highest BCUT2D eigenvalue weighted by molar-refractivity contribution is 5.92. The maximum atomic E-state index is 11.6. The fraction of sp³-hybridized carbons (Fsp3) is 0.444. The van der Waals surface area contributed by atoms with Gasteiger partial charge in [0.05, 0.1) is 12.1 Å². The van der Waals surface area contributed by atoms with Crippen LogP contribution in [-0.4, -0.2) is 33.1 Å². The molecule has 0 aliphatic rings. The maximum Gasteiger partial charge on any atom is 0.326 e. The largest absolute Gasteiger partial charge is 0.394 e. The lowest BCUT2D eigenvalue weighted by Gasteiger charge is -2.23. The molecule has 1 amide bonds. The molecule has 7 heteroatoms. The molecule has 0 unspecified atom stereocenters. The second kappa shape index (κ2) is 4.31. The number of nitrogens with one attached hydrogen (secondary N) is 3. The minimum absolute atomic E-state index is 0.143. The Hall–Kier alpha value is -1.89. The van der Waals surface area contributed by atoms with Gasteiger partial charge < -0.3 is 15.4 Å². The van der Waals surface area contributed by atoms with Gasteiger partial charge in [0.2, 0.25) is 0 Å². The lowest BCUT2D eigenvalue weighted by molar-refractivity contribution is 0.0863. The predicted molar refractivity (Wildman–Crippen MR) is 56.3 cm³/mol. The van der Waals surface area contributed by atoms with E-state index in [9.17, 15) is 14.4 Å². The van der Waals surface area contributed by atoms with Crippen LogP contribution < -0.4 is 16.6 Å². The SMILES string of the molecule is CC(C)(CO)NC(=O)c1cc(=O)[nH]c(=O)[nH]1. The van der Waals surface area contributed by atoms with E-state index in [4.69, 9.17) is 5.11 Å². The van der Waals surface area contributed by atoms with Crippen LogP contribution in [0.25, 0.3) is 0 Å². The molecule has 1 heterocycles. The van der Waals surface area contributed by atoms with E-state index in [2.05, 4.69) is 10.3 Å². The van der Waals surface area contributed by atoms with Crippen LogP contribution >= 0.6 is 0 Å². The zero-order valence-electron chi connectivity index (χ0n) is 8.96. The smallest absolute Gasteiger partial charge is 0.326 e. The number of amides is 1. The third-order valence-electron chi connectivity index (χ3n) is 1.85. The first kappa shape index (κ1) is 12.2. The molecule has 88 valence electrons. The van der Waals surface area contributed by atoms with Crippen molar-refractivity contribution in [1.82, 2.24) is 15.3 Å². The van der Waals surface area contributed by atoms with Crippen molar-refractivity contribution in [3.05, 3.63) is 32.6 Å². The summed E-state index contributed by atoms with van der Waals surface area (Å²) in [5, 5.41) is 11.4. The minimum Gasteiger partial charge on any atom is -0.394 e. The Balaban J connectivity index is 2.98. The Morgan fingerprint density at radius 3 is 2.56 bits per heavy atom. The Kier molecular flexibility index (Phi) is 3.28. The Bertz CT molecular complexity index is 472. The Morgan fingerprint density at radius 2 is 2.06 bits per heavy atom. The molecule has 0 radical (unpaired) electrons. The van der Waals surface area contributed by atoms with Gasteiger partial charge >= 0.3 is 5.69 Å². The highest BCUT2D eigenvalue weighted by Gasteiger charge is 2.20. The first-order chi connectivity index (χ1) is 7.34. The highest BCUT2D eigenvalue weighted by Crippen LogP contribution is 2.01. The number of hydrogen-bond acceptors (Lipinski definition) is 4. The molecule has 1 rings (SSSR count). The van der Waals surface area contributed by atoms with Crippen LogP contribution in [0.15, 0.2) is 15.7 Å². The summed E-state index contributed by atoms with van der Waals surface area (Å²) < 4.78 is 0. The zero-order chi connectivity index (χ0) is 12.3. The molecule has 1 aromatic heterocycles. The quantitative estimate of drug-likeness (QED) is 0.506. The van der Waals surface area contributed by atoms with E-state index in [1.54, 1.807) is 13.8 Å². The van der Waals surface area contributed by atoms with Crippen LogP contribution in [0.4, 0.5) is 0 Å². The van der Waals surface area contributed by atoms with Crippen molar-refractivity contribution in [3.8, 4) is 0 Å². The fourth-order valence-corrected chi connectivity index (χ4v) is 1.01. The zero-order valence-corrected chi connectivity index (χ0v) is 8.96. The molecule has 0 fully saturated rings. The second-order valence-electron chi connectivity index (χ2n) is 4.00. The maximum absolute atomic E-state index is 11.6. The average molecular weight is 227 g/mol. The molecule has 0 bridgehead atoms.